The molecule has 0 bridgehead atoms. The minimum Gasteiger partial charge on any atom is -0.436 e. The van der Waals surface area contributed by atoms with Gasteiger partial charge in [0.25, 0.3) is 0 Å². The van der Waals surface area contributed by atoms with E-state index in [1.807, 2.05) is 0 Å². The van der Waals surface area contributed by atoms with E-state index in [2.05, 4.69) is 20.9 Å². The minimum atomic E-state index is -0.339. The Morgan fingerprint density at radius 3 is 2.74 bits per heavy atom. The third-order valence-electron chi connectivity index (χ3n) is 2.87. The molecule has 0 spiro atoms. The third kappa shape index (κ3) is 1.84. The van der Waals surface area contributed by atoms with Crippen LogP contribution >= 0.6 is 15.9 Å². The molecule has 6 heteroatoms. The van der Waals surface area contributed by atoms with Crippen molar-refractivity contribution >= 4 is 38.5 Å². The highest BCUT2D eigenvalue weighted by Gasteiger charge is 2.15. The van der Waals surface area contributed by atoms with Gasteiger partial charge in [-0.05, 0) is 40.2 Å². The predicted octanol–water partition coefficient (Wildman–Crippen LogP) is 3.56. The topological polar surface area (TPSA) is 78.1 Å². The summed E-state index contributed by atoms with van der Waals surface area (Å²) in [4.78, 5) is 4.25. The van der Waals surface area contributed by atoms with Gasteiger partial charge in [-0.3, -0.25) is 4.98 Å². The van der Waals surface area contributed by atoms with Crippen LogP contribution < -0.4 is 11.5 Å². The molecule has 0 saturated heterocycles. The second kappa shape index (κ2) is 4.24. The molecule has 0 fully saturated rings. The van der Waals surface area contributed by atoms with Gasteiger partial charge in [0.1, 0.15) is 17.2 Å². The number of halogens is 2. The van der Waals surface area contributed by atoms with Crippen LogP contribution in [0, 0.1) is 5.82 Å². The second-order valence-corrected chi connectivity index (χ2v) is 4.90. The molecule has 3 rings (SSSR count). The highest BCUT2D eigenvalue weighted by molar-refractivity contribution is 9.10. The molecule has 4 nitrogen and oxygen atoms in total. The van der Waals surface area contributed by atoms with E-state index < -0.39 is 0 Å². The molecule has 0 aliphatic carbocycles. The largest absolute Gasteiger partial charge is 0.436 e. The van der Waals surface area contributed by atoms with Crippen molar-refractivity contribution in [1.29, 1.82) is 0 Å². The molecule has 0 amide bonds. The first-order chi connectivity index (χ1) is 9.08. The Bertz CT molecular complexity index is 785. The average Bonchev–Trinajstić information content (AvgIpc) is 2.69. The molecule has 3 aromatic rings. The number of benzene rings is 1. The summed E-state index contributed by atoms with van der Waals surface area (Å²) in [5.41, 5.74) is 13.7. The number of hydrogen-bond acceptors (Lipinski definition) is 4. The summed E-state index contributed by atoms with van der Waals surface area (Å²) in [6.45, 7) is 0. The Kier molecular flexibility index (Phi) is 2.67. The summed E-state index contributed by atoms with van der Waals surface area (Å²) < 4.78 is 19.1. The number of anilines is 2. The van der Waals surface area contributed by atoms with Crippen molar-refractivity contribution < 1.29 is 8.81 Å². The fraction of sp³-hybridized carbons (Fsp3) is 0. The van der Waals surface area contributed by atoms with Crippen molar-refractivity contribution in [1.82, 2.24) is 4.98 Å². The molecule has 0 unspecified atom stereocenters. The summed E-state index contributed by atoms with van der Waals surface area (Å²) in [6.07, 6.45) is 1.61. The van der Waals surface area contributed by atoms with Gasteiger partial charge in [-0.25, -0.2) is 4.39 Å². The highest BCUT2D eigenvalue weighted by atomic mass is 79.9. The van der Waals surface area contributed by atoms with E-state index >= 15 is 0 Å². The molecule has 2 heterocycles. The third-order valence-corrected chi connectivity index (χ3v) is 3.47. The van der Waals surface area contributed by atoms with Gasteiger partial charge in [0.05, 0.1) is 4.47 Å². The standard InChI is InChI=1S/C13H9BrFN3O/c14-8-5-6(1-2-9(8)15)11-12-7(3-4-18-11)10(16)13(17)19-12/h1-5H,16-17H2. The maximum absolute atomic E-state index is 13.3. The molecule has 1 aromatic carbocycles. The van der Waals surface area contributed by atoms with Crippen LogP contribution in [-0.4, -0.2) is 4.98 Å². The monoisotopic (exact) mass is 321 g/mol. The maximum Gasteiger partial charge on any atom is 0.214 e. The van der Waals surface area contributed by atoms with E-state index in [-0.39, 0.29) is 11.7 Å². The number of fused-ring (bicyclic) bond motifs is 1. The molecule has 0 saturated carbocycles. The molecule has 4 N–H and O–H groups in total. The van der Waals surface area contributed by atoms with E-state index in [1.165, 1.54) is 6.07 Å². The number of pyridine rings is 1. The van der Waals surface area contributed by atoms with Crippen LogP contribution in [-0.2, 0) is 0 Å². The van der Waals surface area contributed by atoms with Crippen LogP contribution in [0.5, 0.6) is 0 Å². The number of nitrogens with two attached hydrogens (primary N) is 2. The van der Waals surface area contributed by atoms with E-state index in [1.54, 1.807) is 24.4 Å². The lowest BCUT2D eigenvalue weighted by Crippen LogP contribution is -1.89. The number of aromatic nitrogens is 1. The lowest BCUT2D eigenvalue weighted by Gasteiger charge is -2.03. The normalized spacial score (nSPS) is 11.1. The van der Waals surface area contributed by atoms with Gasteiger partial charge in [0.15, 0.2) is 5.58 Å². The predicted molar refractivity (Wildman–Crippen MR) is 75.9 cm³/mol. The van der Waals surface area contributed by atoms with Gasteiger partial charge in [0, 0.05) is 17.1 Å². The summed E-state index contributed by atoms with van der Waals surface area (Å²) in [7, 11) is 0. The van der Waals surface area contributed by atoms with E-state index in [0.717, 1.165) is 0 Å². The Balaban J connectivity index is 2.30. The molecule has 2 aromatic heterocycles. The second-order valence-electron chi connectivity index (χ2n) is 4.05. The quantitative estimate of drug-likeness (QED) is 0.718. The fourth-order valence-electron chi connectivity index (χ4n) is 1.91. The summed E-state index contributed by atoms with van der Waals surface area (Å²) in [5, 5.41) is 0.697. The van der Waals surface area contributed by atoms with E-state index in [4.69, 9.17) is 15.9 Å². The van der Waals surface area contributed by atoms with Crippen molar-refractivity contribution in [2.45, 2.75) is 0 Å². The van der Waals surface area contributed by atoms with Gasteiger partial charge in [-0.15, -0.1) is 0 Å². The van der Waals surface area contributed by atoms with Crippen LogP contribution in [0.25, 0.3) is 22.2 Å². The fourth-order valence-corrected chi connectivity index (χ4v) is 2.29. The lowest BCUT2D eigenvalue weighted by atomic mass is 10.1. The maximum atomic E-state index is 13.3. The Morgan fingerprint density at radius 2 is 2.00 bits per heavy atom. The molecule has 0 aliphatic rings. The first kappa shape index (κ1) is 12.0. The van der Waals surface area contributed by atoms with Crippen molar-refractivity contribution in [2.75, 3.05) is 11.5 Å². The van der Waals surface area contributed by atoms with Crippen LogP contribution in [0.1, 0.15) is 0 Å². The first-order valence-corrected chi connectivity index (χ1v) is 6.25. The zero-order chi connectivity index (χ0) is 13.6. The smallest absolute Gasteiger partial charge is 0.214 e. The molecule has 0 atom stereocenters. The van der Waals surface area contributed by atoms with Gasteiger partial charge in [0.2, 0.25) is 5.88 Å². The molecular formula is C13H9BrFN3O. The Hall–Kier alpha value is -2.08. The number of hydrogen-bond donors (Lipinski definition) is 2. The van der Waals surface area contributed by atoms with Gasteiger partial charge in [-0.2, -0.15) is 0 Å². The number of nitrogen functional groups attached to an aromatic ring is 2. The van der Waals surface area contributed by atoms with E-state index in [0.29, 0.717) is 32.4 Å². The van der Waals surface area contributed by atoms with Gasteiger partial charge < -0.3 is 15.9 Å². The van der Waals surface area contributed by atoms with Crippen molar-refractivity contribution in [3.05, 3.63) is 40.8 Å². The van der Waals surface area contributed by atoms with Gasteiger partial charge >= 0.3 is 0 Å². The van der Waals surface area contributed by atoms with Crippen molar-refractivity contribution in [3.8, 4) is 11.3 Å². The summed E-state index contributed by atoms with van der Waals surface area (Å²) >= 11 is 3.14. The van der Waals surface area contributed by atoms with Crippen LogP contribution in [0.4, 0.5) is 16.0 Å². The zero-order valence-corrected chi connectivity index (χ0v) is 11.2. The Morgan fingerprint density at radius 1 is 1.21 bits per heavy atom. The van der Waals surface area contributed by atoms with Gasteiger partial charge in [-0.1, -0.05) is 0 Å². The number of furan rings is 1. The minimum absolute atomic E-state index is 0.158. The van der Waals surface area contributed by atoms with Crippen molar-refractivity contribution in [3.63, 3.8) is 0 Å². The van der Waals surface area contributed by atoms with Crippen LogP contribution in [0.15, 0.2) is 39.4 Å². The molecule has 0 aliphatic heterocycles. The number of nitrogens with zero attached hydrogens (tertiary/aromatic N) is 1. The molecule has 0 radical (unpaired) electrons. The zero-order valence-electron chi connectivity index (χ0n) is 9.65. The SMILES string of the molecule is Nc1oc2c(-c3ccc(F)c(Br)c3)nccc2c1N. The van der Waals surface area contributed by atoms with Crippen LogP contribution in [0.2, 0.25) is 0 Å². The number of rotatable bonds is 1. The molecule has 19 heavy (non-hydrogen) atoms. The summed E-state index contributed by atoms with van der Waals surface area (Å²) in [6, 6.07) is 6.34. The van der Waals surface area contributed by atoms with E-state index in [9.17, 15) is 4.39 Å². The first-order valence-electron chi connectivity index (χ1n) is 5.46. The average molecular weight is 322 g/mol. The highest BCUT2D eigenvalue weighted by Crippen LogP contribution is 2.36. The van der Waals surface area contributed by atoms with Crippen LogP contribution in [0.3, 0.4) is 0 Å². The van der Waals surface area contributed by atoms with Crippen molar-refractivity contribution in [2.24, 2.45) is 0 Å². The summed E-state index contributed by atoms with van der Waals surface area (Å²) in [5.74, 6) is -0.181. The molecule has 96 valence electrons. The Labute approximate surface area is 116 Å². The molecular weight excluding hydrogens is 313 g/mol. The lowest BCUT2D eigenvalue weighted by molar-refractivity contribution is 0.621.